The largest absolute Gasteiger partial charge is 0.394 e. The summed E-state index contributed by atoms with van der Waals surface area (Å²) in [5.74, 6) is -3.57. The van der Waals surface area contributed by atoms with Crippen molar-refractivity contribution < 1.29 is 38.6 Å². The molecule has 0 bridgehead atoms. The number of amides is 6. The van der Waals surface area contributed by atoms with E-state index in [1.807, 2.05) is 44.2 Å². The van der Waals surface area contributed by atoms with Crippen molar-refractivity contribution in [1.82, 2.24) is 31.1 Å². The fraction of sp³-hybridized carbons (Fsp3) is 0.625. The Morgan fingerprint density at radius 2 is 1.63 bits per heavy atom. The minimum Gasteiger partial charge on any atom is -0.394 e. The number of nitrogens with one attached hydrogen (secondary N) is 4. The van der Waals surface area contributed by atoms with E-state index >= 15 is 0 Å². The molecule has 4 rings (SSSR count). The molecular formula is C32H46N6O8. The summed E-state index contributed by atoms with van der Waals surface area (Å²) in [4.78, 5) is 83.4. The van der Waals surface area contributed by atoms with E-state index in [2.05, 4.69) is 21.3 Å². The maximum absolute atomic E-state index is 14.3. The van der Waals surface area contributed by atoms with E-state index in [0.717, 1.165) is 10.5 Å². The van der Waals surface area contributed by atoms with E-state index in [-0.39, 0.29) is 43.6 Å². The van der Waals surface area contributed by atoms with Crippen LogP contribution >= 0.6 is 0 Å². The molecule has 0 spiro atoms. The first-order valence-electron chi connectivity index (χ1n) is 15.9. The summed E-state index contributed by atoms with van der Waals surface area (Å²) < 4.78 is 5.37. The molecule has 1 aromatic carbocycles. The topological polar surface area (TPSA) is 186 Å². The summed E-state index contributed by atoms with van der Waals surface area (Å²) in [7, 11) is 1.36. The third-order valence-corrected chi connectivity index (χ3v) is 8.64. The van der Waals surface area contributed by atoms with Gasteiger partial charge in [0, 0.05) is 45.2 Å². The average Bonchev–Trinajstić information content (AvgIpc) is 3.46. The van der Waals surface area contributed by atoms with Gasteiger partial charge >= 0.3 is 0 Å². The predicted molar refractivity (Wildman–Crippen MR) is 166 cm³/mol. The Bertz CT molecular complexity index is 1270. The van der Waals surface area contributed by atoms with Crippen LogP contribution in [0.25, 0.3) is 0 Å². The maximum Gasteiger partial charge on any atom is 0.247 e. The molecule has 14 heteroatoms. The van der Waals surface area contributed by atoms with Crippen LogP contribution in [-0.2, 0) is 39.9 Å². The molecule has 3 heterocycles. The molecular weight excluding hydrogens is 596 g/mol. The van der Waals surface area contributed by atoms with Crippen molar-refractivity contribution in [3.63, 3.8) is 0 Å². The first-order valence-corrected chi connectivity index (χ1v) is 15.9. The molecule has 3 saturated heterocycles. The number of aliphatic hydroxyl groups is 1. The van der Waals surface area contributed by atoms with Gasteiger partial charge in [0.15, 0.2) is 0 Å². The van der Waals surface area contributed by atoms with Crippen molar-refractivity contribution in [3.05, 3.63) is 35.9 Å². The lowest BCUT2D eigenvalue weighted by Crippen LogP contribution is -2.58. The lowest BCUT2D eigenvalue weighted by atomic mass is 9.99. The highest BCUT2D eigenvalue weighted by Gasteiger charge is 2.44. The Balaban J connectivity index is 1.69. The molecule has 5 N–H and O–H groups in total. The molecule has 1 aromatic rings. The van der Waals surface area contributed by atoms with Crippen LogP contribution in [-0.4, -0.2) is 121 Å². The molecule has 0 unspecified atom stereocenters. The SMILES string of the molecule is CC(C)C[C@@H]1NC(=O)CN(C)C(=O)[C@H](CO)NC(=O)[C@@H]2C[C@H](NC(=O)C3CCOCC3)CN2C(=O)[C@H](Cc2ccccc2)NC1=O. The second-order valence-electron chi connectivity index (χ2n) is 12.8. The van der Waals surface area contributed by atoms with Crippen LogP contribution in [0, 0.1) is 11.8 Å². The Kier molecular flexibility index (Phi) is 12.1. The van der Waals surface area contributed by atoms with E-state index in [4.69, 9.17) is 4.74 Å². The van der Waals surface area contributed by atoms with Gasteiger partial charge in [0.25, 0.3) is 0 Å². The van der Waals surface area contributed by atoms with Crippen molar-refractivity contribution in [2.75, 3.05) is 40.0 Å². The van der Waals surface area contributed by atoms with Gasteiger partial charge in [-0.3, -0.25) is 28.8 Å². The van der Waals surface area contributed by atoms with Gasteiger partial charge < -0.3 is 40.9 Å². The van der Waals surface area contributed by atoms with Gasteiger partial charge in [-0.05, 0) is 37.2 Å². The van der Waals surface area contributed by atoms with E-state index < -0.39 is 72.9 Å². The smallest absolute Gasteiger partial charge is 0.247 e. The second kappa shape index (κ2) is 16.0. The molecule has 0 aromatic heterocycles. The Morgan fingerprint density at radius 1 is 0.957 bits per heavy atom. The quantitative estimate of drug-likeness (QED) is 0.243. The first-order chi connectivity index (χ1) is 22.0. The van der Waals surface area contributed by atoms with E-state index in [1.165, 1.54) is 11.9 Å². The molecule has 0 radical (unpaired) electrons. The molecule has 14 nitrogen and oxygen atoms in total. The molecule has 3 aliphatic heterocycles. The number of benzene rings is 1. The first kappa shape index (κ1) is 34.8. The lowest BCUT2D eigenvalue weighted by molar-refractivity contribution is -0.143. The van der Waals surface area contributed by atoms with Crippen molar-refractivity contribution in [2.24, 2.45) is 11.8 Å². The lowest BCUT2D eigenvalue weighted by Gasteiger charge is -2.30. The van der Waals surface area contributed by atoms with Gasteiger partial charge in [-0.25, -0.2) is 0 Å². The average molecular weight is 643 g/mol. The number of carbonyl (C=O) groups is 6. The van der Waals surface area contributed by atoms with Crippen molar-refractivity contribution >= 4 is 35.4 Å². The van der Waals surface area contributed by atoms with Crippen LogP contribution in [0.4, 0.5) is 0 Å². The van der Waals surface area contributed by atoms with Crippen molar-refractivity contribution in [2.45, 2.75) is 76.2 Å². The molecule has 3 fully saturated rings. The van der Waals surface area contributed by atoms with Gasteiger partial charge in [0.1, 0.15) is 24.2 Å². The van der Waals surface area contributed by atoms with Crippen LogP contribution in [0.3, 0.4) is 0 Å². The number of carbonyl (C=O) groups excluding carboxylic acids is 6. The zero-order valence-electron chi connectivity index (χ0n) is 26.7. The summed E-state index contributed by atoms with van der Waals surface area (Å²) in [5, 5.41) is 21.1. The molecule has 0 saturated carbocycles. The summed E-state index contributed by atoms with van der Waals surface area (Å²) >= 11 is 0. The number of nitrogens with zero attached hydrogens (tertiary/aromatic N) is 2. The molecule has 252 valence electrons. The summed E-state index contributed by atoms with van der Waals surface area (Å²) in [5.41, 5.74) is 0.764. The highest BCUT2D eigenvalue weighted by Crippen LogP contribution is 2.23. The predicted octanol–water partition coefficient (Wildman–Crippen LogP) is -1.29. The normalized spacial score (nSPS) is 27.3. The number of hydrogen-bond donors (Lipinski definition) is 5. The molecule has 3 aliphatic rings. The van der Waals surface area contributed by atoms with E-state index in [1.54, 1.807) is 0 Å². The fourth-order valence-electron chi connectivity index (χ4n) is 6.19. The Morgan fingerprint density at radius 3 is 2.28 bits per heavy atom. The van der Waals surface area contributed by atoms with Crippen LogP contribution in [0.15, 0.2) is 30.3 Å². The maximum atomic E-state index is 14.3. The van der Waals surface area contributed by atoms with Crippen LogP contribution in [0.2, 0.25) is 0 Å². The summed E-state index contributed by atoms with van der Waals surface area (Å²) in [6, 6.07) is 3.94. The van der Waals surface area contributed by atoms with Gasteiger partial charge in [-0.15, -0.1) is 0 Å². The minimum absolute atomic E-state index is 0.00314. The highest BCUT2D eigenvalue weighted by molar-refractivity contribution is 5.97. The summed E-state index contributed by atoms with van der Waals surface area (Å²) in [6.45, 7) is 3.57. The summed E-state index contributed by atoms with van der Waals surface area (Å²) in [6.07, 6.45) is 1.58. The Labute approximate surface area is 268 Å². The number of likely N-dealkylation sites (N-methyl/N-ethyl adjacent to an activating group) is 1. The number of fused-ring (bicyclic) bond motifs is 1. The third-order valence-electron chi connectivity index (χ3n) is 8.64. The van der Waals surface area contributed by atoms with E-state index in [0.29, 0.717) is 26.1 Å². The van der Waals surface area contributed by atoms with Gasteiger partial charge in [-0.2, -0.15) is 0 Å². The molecule has 0 aliphatic carbocycles. The zero-order valence-corrected chi connectivity index (χ0v) is 26.7. The number of aliphatic hydroxyl groups excluding tert-OH is 1. The Hall–Kier alpha value is -4.04. The molecule has 46 heavy (non-hydrogen) atoms. The minimum atomic E-state index is -1.38. The number of ether oxygens (including phenoxy) is 1. The second-order valence-corrected chi connectivity index (χ2v) is 12.8. The standard InChI is InChI=1S/C32H46N6O8/c1-19(2)13-23-29(42)35-24(14-20-7-5-4-6-8-20)32(45)38-16-22(33-28(41)21-9-11-46-12-10-21)15-26(38)30(43)36-25(18-39)31(44)37(3)17-27(40)34-23/h4-8,19,21-26,39H,9-18H2,1-3H3,(H,33,41)(H,34,40)(H,35,42)(H,36,43)/t22-,23-,24-,25-,26-/m0/s1. The monoisotopic (exact) mass is 642 g/mol. The van der Waals surface area contributed by atoms with Crippen LogP contribution < -0.4 is 21.3 Å². The molecule has 6 amide bonds. The number of hydrogen-bond acceptors (Lipinski definition) is 8. The highest BCUT2D eigenvalue weighted by atomic mass is 16.5. The zero-order chi connectivity index (χ0) is 33.4. The van der Waals surface area contributed by atoms with Crippen molar-refractivity contribution in [3.8, 4) is 0 Å². The fourth-order valence-corrected chi connectivity index (χ4v) is 6.19. The van der Waals surface area contributed by atoms with Gasteiger partial charge in [0.2, 0.25) is 35.4 Å². The van der Waals surface area contributed by atoms with Crippen molar-refractivity contribution in [1.29, 1.82) is 0 Å². The van der Waals surface area contributed by atoms with Gasteiger partial charge in [-0.1, -0.05) is 44.2 Å². The number of rotatable bonds is 7. The third kappa shape index (κ3) is 9.03. The van der Waals surface area contributed by atoms with Crippen LogP contribution in [0.1, 0.15) is 45.1 Å². The van der Waals surface area contributed by atoms with E-state index in [9.17, 15) is 33.9 Å². The van der Waals surface area contributed by atoms with Gasteiger partial charge in [0.05, 0.1) is 13.2 Å². The molecule has 5 atom stereocenters. The van der Waals surface area contributed by atoms with Crippen LogP contribution in [0.5, 0.6) is 0 Å².